The summed E-state index contributed by atoms with van der Waals surface area (Å²) < 4.78 is 60.8. The predicted molar refractivity (Wildman–Crippen MR) is 139 cm³/mol. The Morgan fingerprint density at radius 2 is 1.80 bits per heavy atom. The Morgan fingerprint density at radius 1 is 1.12 bits per heavy atom. The Morgan fingerprint density at radius 3 is 2.40 bits per heavy atom. The summed E-state index contributed by atoms with van der Waals surface area (Å²) in [5.74, 6) is -2.67. The Hall–Kier alpha value is -4.33. The largest absolute Gasteiger partial charge is 0.462 e. The molecule has 0 atom stereocenters. The number of carbonyl (C=O) groups excluding carboxylic acids is 3. The molecule has 0 saturated heterocycles. The molecule has 2 amide bonds. The van der Waals surface area contributed by atoms with Crippen LogP contribution in [0.5, 0.6) is 0 Å². The lowest BCUT2D eigenvalue weighted by Crippen LogP contribution is -2.21. The van der Waals surface area contributed by atoms with Crippen LogP contribution >= 0.6 is 11.3 Å². The van der Waals surface area contributed by atoms with Gasteiger partial charge in [0, 0.05) is 25.7 Å². The van der Waals surface area contributed by atoms with Gasteiger partial charge in [0.2, 0.25) is 0 Å². The van der Waals surface area contributed by atoms with Crippen molar-refractivity contribution in [3.05, 3.63) is 69.6 Å². The maximum atomic E-state index is 13.9. The van der Waals surface area contributed by atoms with Crippen LogP contribution in [0.1, 0.15) is 55.1 Å². The zero-order valence-electron chi connectivity index (χ0n) is 21.7. The number of thiophene rings is 1. The Bertz CT molecular complexity index is 1610. The van der Waals surface area contributed by atoms with E-state index in [0.717, 1.165) is 35.6 Å². The van der Waals surface area contributed by atoms with Gasteiger partial charge in [-0.1, -0.05) is 6.92 Å². The number of hydrogen-bond acceptors (Lipinski definition) is 7. The quantitative estimate of drug-likeness (QED) is 0.232. The third kappa shape index (κ3) is 5.66. The van der Waals surface area contributed by atoms with Crippen LogP contribution in [0.4, 0.5) is 22.6 Å². The van der Waals surface area contributed by atoms with E-state index in [-0.39, 0.29) is 39.0 Å². The topological polar surface area (TPSA) is 106 Å². The summed E-state index contributed by atoms with van der Waals surface area (Å²) in [5, 5.41) is 6.30. The molecule has 0 spiro atoms. The van der Waals surface area contributed by atoms with Crippen molar-refractivity contribution < 1.29 is 36.7 Å². The molecule has 0 unspecified atom stereocenters. The van der Waals surface area contributed by atoms with Gasteiger partial charge >= 0.3 is 12.1 Å². The van der Waals surface area contributed by atoms with E-state index < -0.39 is 41.2 Å². The van der Waals surface area contributed by atoms with E-state index in [1.54, 1.807) is 6.92 Å². The van der Waals surface area contributed by atoms with Crippen molar-refractivity contribution in [3.63, 3.8) is 0 Å². The molecule has 0 aliphatic rings. The summed E-state index contributed by atoms with van der Waals surface area (Å²) in [7, 11) is 3.05. The number of hydrogen-bond donors (Lipinski definition) is 1. The molecule has 9 nitrogen and oxygen atoms in total. The van der Waals surface area contributed by atoms with E-state index in [0.29, 0.717) is 16.5 Å². The predicted octanol–water partition coefficient (Wildman–Crippen LogP) is 5.45. The van der Waals surface area contributed by atoms with Gasteiger partial charge in [-0.05, 0) is 49.2 Å². The van der Waals surface area contributed by atoms with Crippen LogP contribution in [-0.2, 0) is 10.9 Å². The summed E-state index contributed by atoms with van der Waals surface area (Å²) in [6.45, 7) is 3.44. The minimum absolute atomic E-state index is 0.0122. The highest BCUT2D eigenvalue weighted by Gasteiger charge is 2.36. The number of rotatable bonds is 7. The number of nitrogens with zero attached hydrogens (tertiary/aromatic N) is 4. The average molecular weight is 578 g/mol. The standard InChI is InChI=1S/C26H23F4N5O4S/c1-5-10-39-25(38)20-13(2)21(24(37)34(3)4)40-23(20)32-22(36)17-12-19-31-16(14-6-8-15(27)9-7-14)11-18(26(28,29)30)35(19)33-17/h6-9,11-12H,5,10H2,1-4H3,(H,32,36). The van der Waals surface area contributed by atoms with Gasteiger partial charge in [0.05, 0.1) is 22.7 Å². The zero-order chi connectivity index (χ0) is 29.4. The molecule has 3 aromatic heterocycles. The van der Waals surface area contributed by atoms with Crippen molar-refractivity contribution in [1.29, 1.82) is 0 Å². The van der Waals surface area contributed by atoms with Crippen LogP contribution in [-0.4, -0.2) is 58.0 Å². The average Bonchev–Trinajstić information content (AvgIpc) is 3.47. The number of halogens is 4. The fourth-order valence-corrected chi connectivity index (χ4v) is 4.96. The molecule has 14 heteroatoms. The van der Waals surface area contributed by atoms with E-state index in [1.807, 2.05) is 0 Å². The molecule has 40 heavy (non-hydrogen) atoms. The summed E-state index contributed by atoms with van der Waals surface area (Å²) in [5.41, 5.74) is -1.53. The van der Waals surface area contributed by atoms with Crippen LogP contribution in [0.25, 0.3) is 16.9 Å². The van der Waals surface area contributed by atoms with E-state index in [1.165, 1.54) is 38.1 Å². The zero-order valence-corrected chi connectivity index (χ0v) is 22.5. The van der Waals surface area contributed by atoms with E-state index in [4.69, 9.17) is 4.74 Å². The molecule has 0 saturated carbocycles. The third-order valence-electron chi connectivity index (χ3n) is 5.71. The molecule has 0 aliphatic carbocycles. The van der Waals surface area contributed by atoms with Crippen LogP contribution in [0.3, 0.4) is 0 Å². The fraction of sp³-hybridized carbons (Fsp3) is 0.269. The normalized spacial score (nSPS) is 11.5. The van der Waals surface area contributed by atoms with E-state index in [9.17, 15) is 31.9 Å². The van der Waals surface area contributed by atoms with Crippen molar-refractivity contribution in [2.24, 2.45) is 0 Å². The lowest BCUT2D eigenvalue weighted by molar-refractivity contribution is -0.142. The number of carbonyl (C=O) groups is 3. The molecule has 210 valence electrons. The molecule has 1 aromatic carbocycles. The van der Waals surface area contributed by atoms with Gasteiger partial charge in [-0.2, -0.15) is 18.3 Å². The minimum atomic E-state index is -4.86. The van der Waals surface area contributed by atoms with E-state index >= 15 is 0 Å². The number of ether oxygens (including phenoxy) is 1. The second kappa shape index (κ2) is 11.0. The summed E-state index contributed by atoms with van der Waals surface area (Å²) in [4.78, 5) is 44.3. The maximum Gasteiger partial charge on any atom is 0.433 e. The van der Waals surface area contributed by atoms with Gasteiger partial charge in [0.25, 0.3) is 11.8 Å². The highest BCUT2D eigenvalue weighted by molar-refractivity contribution is 7.18. The molecule has 0 fully saturated rings. The molecular formula is C26H23F4N5O4S. The summed E-state index contributed by atoms with van der Waals surface area (Å²) in [6.07, 6.45) is -4.33. The monoisotopic (exact) mass is 577 g/mol. The van der Waals surface area contributed by atoms with Crippen LogP contribution in [0.2, 0.25) is 0 Å². The second-order valence-corrected chi connectivity index (χ2v) is 9.90. The van der Waals surface area contributed by atoms with Crippen LogP contribution < -0.4 is 5.32 Å². The van der Waals surface area contributed by atoms with Gasteiger partial charge in [-0.25, -0.2) is 18.7 Å². The molecule has 3 heterocycles. The molecule has 1 N–H and O–H groups in total. The summed E-state index contributed by atoms with van der Waals surface area (Å²) >= 11 is 0.838. The van der Waals surface area contributed by atoms with Crippen molar-refractivity contribution in [2.75, 3.05) is 26.0 Å². The molecule has 0 aliphatic heterocycles. The molecule has 0 radical (unpaired) electrons. The minimum Gasteiger partial charge on any atom is -0.462 e. The first-order valence-corrected chi connectivity index (χ1v) is 12.7. The molecule has 0 bridgehead atoms. The van der Waals surface area contributed by atoms with Gasteiger partial charge < -0.3 is 15.0 Å². The first-order valence-electron chi connectivity index (χ1n) is 11.9. The van der Waals surface area contributed by atoms with Crippen LogP contribution in [0.15, 0.2) is 36.4 Å². The lowest BCUT2D eigenvalue weighted by atomic mass is 10.1. The van der Waals surface area contributed by atoms with Gasteiger partial charge in [-0.3, -0.25) is 9.59 Å². The molecule has 4 aromatic rings. The first kappa shape index (κ1) is 28.7. The number of esters is 1. The lowest BCUT2D eigenvalue weighted by Gasteiger charge is -2.11. The number of alkyl halides is 3. The SMILES string of the molecule is CCCOC(=O)c1c(NC(=O)c2cc3nc(-c4ccc(F)cc4)cc(C(F)(F)F)n3n2)sc(C(=O)N(C)C)c1C. The van der Waals surface area contributed by atoms with E-state index in [2.05, 4.69) is 15.4 Å². The first-order chi connectivity index (χ1) is 18.8. The highest BCUT2D eigenvalue weighted by Crippen LogP contribution is 2.35. The Kier molecular flexibility index (Phi) is 7.91. The fourth-order valence-electron chi connectivity index (χ4n) is 3.74. The van der Waals surface area contributed by atoms with Crippen LogP contribution in [0, 0.1) is 12.7 Å². The number of anilines is 1. The highest BCUT2D eigenvalue weighted by atomic mass is 32.1. The second-order valence-electron chi connectivity index (χ2n) is 8.88. The molecule has 4 rings (SSSR count). The van der Waals surface area contributed by atoms with Crippen molar-refractivity contribution in [3.8, 4) is 11.3 Å². The number of nitrogens with one attached hydrogen (secondary N) is 1. The van der Waals surface area contributed by atoms with Crippen molar-refractivity contribution in [1.82, 2.24) is 19.5 Å². The van der Waals surface area contributed by atoms with Crippen molar-refractivity contribution >= 4 is 39.8 Å². The number of benzene rings is 1. The Balaban J connectivity index is 1.77. The number of amides is 2. The maximum absolute atomic E-state index is 13.9. The molecular weight excluding hydrogens is 554 g/mol. The third-order valence-corrected chi connectivity index (χ3v) is 6.90. The summed E-state index contributed by atoms with van der Waals surface area (Å²) in [6, 6.07) is 6.54. The Labute approximate surface area is 229 Å². The van der Waals surface area contributed by atoms with Crippen molar-refractivity contribution in [2.45, 2.75) is 26.4 Å². The van der Waals surface area contributed by atoms with Gasteiger partial charge in [0.15, 0.2) is 17.0 Å². The number of aromatic nitrogens is 3. The number of fused-ring (bicyclic) bond motifs is 1. The smallest absolute Gasteiger partial charge is 0.433 e. The van der Waals surface area contributed by atoms with Gasteiger partial charge in [-0.15, -0.1) is 11.3 Å². The van der Waals surface area contributed by atoms with Gasteiger partial charge in [0.1, 0.15) is 10.8 Å².